The fourth-order valence-electron chi connectivity index (χ4n) is 1.98. The third-order valence-corrected chi connectivity index (χ3v) is 3.50. The number of carbonyl (C=O) groups excluding carboxylic acids is 1. The molecule has 3 rings (SSSR count). The number of hydrogen-bond donors (Lipinski definition) is 1. The van der Waals surface area contributed by atoms with Crippen LogP contribution in [0.5, 0.6) is 0 Å². The summed E-state index contributed by atoms with van der Waals surface area (Å²) in [5.74, 6) is -0.164. The number of hydrogen-bond acceptors (Lipinski definition) is 5. The number of nitrogens with one attached hydrogen (secondary N) is 1. The van der Waals surface area contributed by atoms with E-state index in [1.165, 1.54) is 11.3 Å². The van der Waals surface area contributed by atoms with Crippen molar-refractivity contribution >= 4 is 28.3 Å². The van der Waals surface area contributed by atoms with Crippen LogP contribution in [0.3, 0.4) is 0 Å². The first-order valence-corrected chi connectivity index (χ1v) is 7.15. The molecule has 1 N–H and O–H groups in total. The lowest BCUT2D eigenvalue weighted by Gasteiger charge is -2.13. The summed E-state index contributed by atoms with van der Waals surface area (Å²) < 4.78 is 1.79. The van der Waals surface area contributed by atoms with Crippen molar-refractivity contribution in [2.45, 2.75) is 19.5 Å². The van der Waals surface area contributed by atoms with Crippen LogP contribution in [-0.2, 0) is 6.54 Å². The largest absolute Gasteiger partial charge is 0.346 e. The van der Waals surface area contributed by atoms with Crippen LogP contribution in [0.4, 0.5) is 0 Å². The predicted molar refractivity (Wildman–Crippen MR) is 76.6 cm³/mol. The van der Waals surface area contributed by atoms with Gasteiger partial charge in [-0.25, -0.2) is 9.67 Å². The van der Waals surface area contributed by atoms with Gasteiger partial charge in [0.2, 0.25) is 0 Å². The zero-order chi connectivity index (χ0) is 13.9. The van der Waals surface area contributed by atoms with E-state index < -0.39 is 0 Å². The maximum atomic E-state index is 11.9. The number of amides is 1. The summed E-state index contributed by atoms with van der Waals surface area (Å²) in [6.45, 7) is 2.50. The standard InChI is InChI=1S/C13H13N5OS/c1-9(15-13(19)11-7-20-8-14-11)6-18-12-5-3-2-4-10(12)16-17-18/h2-5,7-9H,6H2,1H3,(H,15,19)/t9-/m1/s1. The van der Waals surface area contributed by atoms with Gasteiger partial charge in [0.1, 0.15) is 11.2 Å². The van der Waals surface area contributed by atoms with Crippen LogP contribution in [0.15, 0.2) is 35.2 Å². The first kappa shape index (κ1) is 12.7. The van der Waals surface area contributed by atoms with E-state index in [4.69, 9.17) is 0 Å². The molecule has 0 saturated carbocycles. The van der Waals surface area contributed by atoms with E-state index in [1.807, 2.05) is 31.2 Å². The number of thiazole rings is 1. The highest BCUT2D eigenvalue weighted by Crippen LogP contribution is 2.10. The van der Waals surface area contributed by atoms with Crippen molar-refractivity contribution < 1.29 is 4.79 Å². The molecule has 2 aromatic heterocycles. The molecule has 6 nitrogen and oxygen atoms in total. The monoisotopic (exact) mass is 287 g/mol. The van der Waals surface area contributed by atoms with Crippen molar-refractivity contribution in [3.05, 3.63) is 40.8 Å². The molecule has 1 atom stereocenters. The van der Waals surface area contributed by atoms with Crippen LogP contribution in [0.2, 0.25) is 0 Å². The van der Waals surface area contributed by atoms with Crippen LogP contribution < -0.4 is 5.32 Å². The quantitative estimate of drug-likeness (QED) is 0.793. The van der Waals surface area contributed by atoms with Crippen LogP contribution >= 0.6 is 11.3 Å². The first-order valence-electron chi connectivity index (χ1n) is 6.21. The molecule has 0 radical (unpaired) electrons. The highest BCUT2D eigenvalue weighted by Gasteiger charge is 2.13. The summed E-state index contributed by atoms with van der Waals surface area (Å²) in [6.07, 6.45) is 0. The van der Waals surface area contributed by atoms with E-state index in [2.05, 4.69) is 20.6 Å². The average molecular weight is 287 g/mol. The molecule has 1 amide bonds. The average Bonchev–Trinajstić information content (AvgIpc) is 3.09. The topological polar surface area (TPSA) is 72.7 Å². The lowest BCUT2D eigenvalue weighted by Crippen LogP contribution is -2.36. The second kappa shape index (κ2) is 5.38. The summed E-state index contributed by atoms with van der Waals surface area (Å²) in [6, 6.07) is 7.69. The number of rotatable bonds is 4. The molecular weight excluding hydrogens is 274 g/mol. The van der Waals surface area contributed by atoms with Crippen molar-refractivity contribution in [1.29, 1.82) is 0 Å². The van der Waals surface area contributed by atoms with Crippen molar-refractivity contribution in [2.75, 3.05) is 0 Å². The highest BCUT2D eigenvalue weighted by atomic mass is 32.1. The zero-order valence-electron chi connectivity index (χ0n) is 10.9. The molecule has 0 bridgehead atoms. The van der Waals surface area contributed by atoms with Crippen LogP contribution in [0.25, 0.3) is 11.0 Å². The molecule has 0 unspecified atom stereocenters. The molecule has 1 aromatic carbocycles. The van der Waals surface area contributed by atoms with Crippen molar-refractivity contribution in [3.63, 3.8) is 0 Å². The molecule has 20 heavy (non-hydrogen) atoms. The van der Waals surface area contributed by atoms with Gasteiger partial charge in [0.25, 0.3) is 5.91 Å². The molecule has 0 aliphatic heterocycles. The van der Waals surface area contributed by atoms with E-state index >= 15 is 0 Å². The molecule has 3 aromatic rings. The van der Waals surface area contributed by atoms with E-state index in [-0.39, 0.29) is 11.9 Å². The van der Waals surface area contributed by atoms with Gasteiger partial charge in [0.05, 0.1) is 17.6 Å². The smallest absolute Gasteiger partial charge is 0.271 e. The van der Waals surface area contributed by atoms with Gasteiger partial charge < -0.3 is 5.32 Å². The van der Waals surface area contributed by atoms with E-state index in [9.17, 15) is 4.79 Å². The summed E-state index contributed by atoms with van der Waals surface area (Å²) in [4.78, 5) is 15.9. The lowest BCUT2D eigenvalue weighted by atomic mass is 10.3. The summed E-state index contributed by atoms with van der Waals surface area (Å²) >= 11 is 1.40. The maximum absolute atomic E-state index is 11.9. The number of carbonyl (C=O) groups is 1. The molecule has 0 aliphatic carbocycles. The third kappa shape index (κ3) is 2.53. The minimum Gasteiger partial charge on any atom is -0.346 e. The zero-order valence-corrected chi connectivity index (χ0v) is 11.7. The molecule has 0 saturated heterocycles. The minimum atomic E-state index is -0.164. The van der Waals surface area contributed by atoms with Crippen molar-refractivity contribution in [1.82, 2.24) is 25.3 Å². The van der Waals surface area contributed by atoms with Gasteiger partial charge in [-0.05, 0) is 19.1 Å². The second-order valence-electron chi connectivity index (χ2n) is 4.51. The molecule has 0 spiro atoms. The normalized spacial score (nSPS) is 12.4. The van der Waals surface area contributed by atoms with Gasteiger partial charge in [0.15, 0.2) is 0 Å². The lowest BCUT2D eigenvalue weighted by molar-refractivity contribution is 0.0932. The molecule has 102 valence electrons. The van der Waals surface area contributed by atoms with Crippen LogP contribution in [-0.4, -0.2) is 31.9 Å². The summed E-state index contributed by atoms with van der Waals surface area (Å²) in [5, 5.41) is 12.8. The Bertz CT molecular complexity index is 721. The Morgan fingerprint density at radius 3 is 3.10 bits per heavy atom. The Labute approximate surface area is 119 Å². The van der Waals surface area contributed by atoms with E-state index in [0.717, 1.165) is 11.0 Å². The minimum absolute atomic E-state index is 0.0608. The van der Waals surface area contributed by atoms with Gasteiger partial charge in [-0.3, -0.25) is 4.79 Å². The molecular formula is C13H13N5OS. The van der Waals surface area contributed by atoms with Gasteiger partial charge in [-0.1, -0.05) is 17.3 Å². The van der Waals surface area contributed by atoms with Crippen LogP contribution in [0.1, 0.15) is 17.4 Å². The SMILES string of the molecule is C[C@H](Cn1nnc2ccccc21)NC(=O)c1cscn1. The Kier molecular flexibility index (Phi) is 3.42. The number of benzene rings is 1. The van der Waals surface area contributed by atoms with Crippen LogP contribution in [0, 0.1) is 0 Å². The Hall–Kier alpha value is -2.28. The van der Waals surface area contributed by atoms with E-state index in [1.54, 1.807) is 15.6 Å². The first-order chi connectivity index (χ1) is 9.74. The predicted octanol–water partition coefficient (Wildman–Crippen LogP) is 1.71. The second-order valence-corrected chi connectivity index (χ2v) is 5.23. The summed E-state index contributed by atoms with van der Waals surface area (Å²) in [5.41, 5.74) is 3.91. The molecule has 0 aliphatic rings. The maximum Gasteiger partial charge on any atom is 0.271 e. The van der Waals surface area contributed by atoms with Gasteiger partial charge in [-0.15, -0.1) is 16.4 Å². The summed E-state index contributed by atoms with van der Waals surface area (Å²) in [7, 11) is 0. The Morgan fingerprint density at radius 2 is 2.30 bits per heavy atom. The fraction of sp³-hybridized carbons (Fsp3) is 0.231. The number of para-hydroxylation sites is 1. The highest BCUT2D eigenvalue weighted by molar-refractivity contribution is 7.07. The molecule has 7 heteroatoms. The van der Waals surface area contributed by atoms with Crippen molar-refractivity contribution in [2.24, 2.45) is 0 Å². The molecule has 0 fully saturated rings. The Balaban J connectivity index is 1.70. The van der Waals surface area contributed by atoms with Crippen molar-refractivity contribution in [3.8, 4) is 0 Å². The number of fused-ring (bicyclic) bond motifs is 1. The number of aromatic nitrogens is 4. The number of nitrogens with zero attached hydrogens (tertiary/aromatic N) is 4. The fourth-order valence-corrected chi connectivity index (χ4v) is 2.51. The third-order valence-electron chi connectivity index (χ3n) is 2.91. The van der Waals surface area contributed by atoms with Gasteiger partial charge >= 0.3 is 0 Å². The van der Waals surface area contributed by atoms with E-state index in [0.29, 0.717) is 12.2 Å². The molecule has 2 heterocycles. The Morgan fingerprint density at radius 1 is 1.45 bits per heavy atom. The van der Waals surface area contributed by atoms with Gasteiger partial charge in [-0.2, -0.15) is 0 Å². The van der Waals surface area contributed by atoms with Gasteiger partial charge in [0, 0.05) is 11.4 Å².